The van der Waals surface area contributed by atoms with Gasteiger partial charge in [0.05, 0.1) is 5.92 Å². The summed E-state index contributed by atoms with van der Waals surface area (Å²) >= 11 is 0. The summed E-state index contributed by atoms with van der Waals surface area (Å²) in [6, 6.07) is 18.7. The Bertz CT molecular complexity index is 1140. The lowest BCUT2D eigenvalue weighted by molar-refractivity contribution is -0.135. The van der Waals surface area contributed by atoms with Crippen LogP contribution in [0.25, 0.3) is 0 Å². The summed E-state index contributed by atoms with van der Waals surface area (Å²) in [5.74, 6) is 1.70. The summed E-state index contributed by atoms with van der Waals surface area (Å²) in [6.45, 7) is 4.14. The Kier molecular flexibility index (Phi) is 6.04. The quantitative estimate of drug-likeness (QED) is 0.581. The minimum Gasteiger partial charge on any atom is -0.484 e. The molecule has 3 aromatic rings. The molecule has 2 saturated heterocycles. The fraction of sp³-hybridized carbons (Fsp3) is 0.385. The van der Waals surface area contributed by atoms with Crippen LogP contribution in [-0.4, -0.2) is 64.6 Å². The van der Waals surface area contributed by atoms with Gasteiger partial charge in [-0.15, -0.1) is 10.2 Å². The number of amides is 2. The van der Waals surface area contributed by atoms with Crippen LogP contribution in [0.2, 0.25) is 0 Å². The predicted octanol–water partition coefficient (Wildman–Crippen LogP) is 3.31. The lowest BCUT2D eigenvalue weighted by Gasteiger charge is -2.41. The van der Waals surface area contributed by atoms with Gasteiger partial charge in [-0.05, 0) is 37.1 Å². The van der Waals surface area contributed by atoms with E-state index in [-0.39, 0.29) is 29.8 Å². The SMILES string of the molecule is Cc1nnc(C2CN(C(=O)c3ccccc3)CC23CCN(C(=O)COc2ccccc2)CC3)o1. The second-order valence-electron chi connectivity index (χ2n) is 9.11. The van der Waals surface area contributed by atoms with Crippen LogP contribution in [0.15, 0.2) is 65.1 Å². The zero-order valence-corrected chi connectivity index (χ0v) is 19.2. The van der Waals surface area contributed by atoms with Crippen LogP contribution in [0.1, 0.15) is 40.9 Å². The van der Waals surface area contributed by atoms with Gasteiger partial charge >= 0.3 is 0 Å². The van der Waals surface area contributed by atoms with Gasteiger partial charge in [0.2, 0.25) is 11.8 Å². The first-order valence-corrected chi connectivity index (χ1v) is 11.6. The zero-order chi connectivity index (χ0) is 23.5. The highest BCUT2D eigenvalue weighted by atomic mass is 16.5. The normalized spacial score (nSPS) is 19.4. The second-order valence-corrected chi connectivity index (χ2v) is 9.11. The third-order valence-corrected chi connectivity index (χ3v) is 7.01. The van der Waals surface area contributed by atoms with Crippen molar-refractivity contribution in [2.45, 2.75) is 25.7 Å². The molecule has 0 radical (unpaired) electrons. The van der Waals surface area contributed by atoms with Crippen molar-refractivity contribution in [1.29, 1.82) is 0 Å². The van der Waals surface area contributed by atoms with Gasteiger partial charge in [-0.25, -0.2) is 0 Å². The van der Waals surface area contributed by atoms with Gasteiger partial charge in [-0.3, -0.25) is 9.59 Å². The van der Waals surface area contributed by atoms with Crippen molar-refractivity contribution < 1.29 is 18.7 Å². The molecule has 1 unspecified atom stereocenters. The molecule has 5 rings (SSSR count). The minimum absolute atomic E-state index is 0.00785. The van der Waals surface area contributed by atoms with E-state index in [9.17, 15) is 9.59 Å². The molecule has 3 heterocycles. The number of piperidine rings is 1. The molecule has 0 bridgehead atoms. The molecule has 0 N–H and O–H groups in total. The molecule has 8 nitrogen and oxygen atoms in total. The maximum Gasteiger partial charge on any atom is 0.260 e. The van der Waals surface area contributed by atoms with Crippen molar-refractivity contribution in [1.82, 2.24) is 20.0 Å². The minimum atomic E-state index is -0.208. The molecule has 8 heteroatoms. The van der Waals surface area contributed by atoms with Gasteiger partial charge in [0.15, 0.2) is 6.61 Å². The number of ether oxygens (including phenoxy) is 1. The molecule has 176 valence electrons. The van der Waals surface area contributed by atoms with Crippen molar-refractivity contribution >= 4 is 11.8 Å². The monoisotopic (exact) mass is 460 g/mol. The Morgan fingerprint density at radius 2 is 1.68 bits per heavy atom. The van der Waals surface area contributed by atoms with E-state index in [2.05, 4.69) is 10.2 Å². The van der Waals surface area contributed by atoms with E-state index < -0.39 is 0 Å². The number of rotatable bonds is 5. The molecule has 2 amide bonds. The number of hydrogen-bond acceptors (Lipinski definition) is 6. The van der Waals surface area contributed by atoms with Gasteiger partial charge in [-0.2, -0.15) is 0 Å². The van der Waals surface area contributed by atoms with E-state index in [4.69, 9.17) is 9.15 Å². The highest BCUT2D eigenvalue weighted by Crippen LogP contribution is 2.49. The number of hydrogen-bond donors (Lipinski definition) is 0. The van der Waals surface area contributed by atoms with Gasteiger partial charge in [0.1, 0.15) is 5.75 Å². The Morgan fingerprint density at radius 3 is 2.32 bits per heavy atom. The topological polar surface area (TPSA) is 88.8 Å². The first-order valence-electron chi connectivity index (χ1n) is 11.6. The Labute approximate surface area is 198 Å². The van der Waals surface area contributed by atoms with Crippen LogP contribution < -0.4 is 4.74 Å². The predicted molar refractivity (Wildman–Crippen MR) is 124 cm³/mol. The molecule has 2 aliphatic heterocycles. The maximum atomic E-state index is 13.2. The Hall–Kier alpha value is -3.68. The third-order valence-electron chi connectivity index (χ3n) is 7.01. The smallest absolute Gasteiger partial charge is 0.260 e. The fourth-order valence-electron chi connectivity index (χ4n) is 5.14. The van der Waals surface area contributed by atoms with Crippen LogP contribution >= 0.6 is 0 Å². The van der Waals surface area contributed by atoms with Crippen LogP contribution in [0.5, 0.6) is 5.75 Å². The lowest BCUT2D eigenvalue weighted by atomic mass is 9.70. The molecule has 2 aliphatic rings. The van der Waals surface area contributed by atoms with Gasteiger partial charge < -0.3 is 19.0 Å². The summed E-state index contributed by atoms with van der Waals surface area (Å²) in [5, 5.41) is 8.34. The van der Waals surface area contributed by atoms with Gasteiger partial charge in [0.25, 0.3) is 11.8 Å². The number of aryl methyl sites for hydroxylation is 1. The molecule has 0 saturated carbocycles. The lowest BCUT2D eigenvalue weighted by Crippen LogP contribution is -2.47. The number of likely N-dealkylation sites (tertiary alicyclic amines) is 2. The van der Waals surface area contributed by atoms with Crippen molar-refractivity contribution in [2.24, 2.45) is 5.41 Å². The van der Waals surface area contributed by atoms with Crippen LogP contribution in [-0.2, 0) is 4.79 Å². The Balaban J connectivity index is 1.29. The van der Waals surface area contributed by atoms with E-state index >= 15 is 0 Å². The number of carbonyl (C=O) groups is 2. The summed E-state index contributed by atoms with van der Waals surface area (Å²) < 4.78 is 11.5. The van der Waals surface area contributed by atoms with Crippen molar-refractivity contribution in [3.05, 3.63) is 78.0 Å². The Morgan fingerprint density at radius 1 is 1.00 bits per heavy atom. The van der Waals surface area contributed by atoms with Crippen molar-refractivity contribution in [3.8, 4) is 5.75 Å². The van der Waals surface area contributed by atoms with Crippen LogP contribution in [0.4, 0.5) is 0 Å². The molecule has 2 aromatic carbocycles. The van der Waals surface area contributed by atoms with Crippen molar-refractivity contribution in [3.63, 3.8) is 0 Å². The number of benzene rings is 2. The molecular formula is C26H28N4O4. The third kappa shape index (κ3) is 4.40. The summed E-state index contributed by atoms with van der Waals surface area (Å²) in [6.07, 6.45) is 1.52. The molecule has 1 aromatic heterocycles. The highest BCUT2D eigenvalue weighted by Gasteiger charge is 2.52. The fourth-order valence-corrected chi connectivity index (χ4v) is 5.14. The average molecular weight is 461 g/mol. The van der Waals surface area contributed by atoms with Crippen LogP contribution in [0, 0.1) is 12.3 Å². The number of nitrogens with zero attached hydrogens (tertiary/aromatic N) is 4. The molecule has 0 aliphatic carbocycles. The van der Waals surface area contributed by atoms with Crippen LogP contribution in [0.3, 0.4) is 0 Å². The summed E-state index contributed by atoms with van der Waals surface area (Å²) in [4.78, 5) is 29.8. The standard InChI is InChI=1S/C26H28N4O4/c1-19-27-28-24(34-19)22-16-30(25(32)20-8-4-2-5-9-20)18-26(22)12-14-29(15-13-26)23(31)17-33-21-10-6-3-7-11-21/h2-11,22H,12-18H2,1H3. The summed E-state index contributed by atoms with van der Waals surface area (Å²) in [7, 11) is 0. The van der Waals surface area contributed by atoms with E-state index in [1.54, 1.807) is 6.92 Å². The first-order chi connectivity index (χ1) is 16.5. The van der Waals surface area contributed by atoms with Gasteiger partial charge in [-0.1, -0.05) is 36.4 Å². The molecule has 1 spiro atoms. The largest absolute Gasteiger partial charge is 0.484 e. The molecule has 1 atom stereocenters. The van der Waals surface area contributed by atoms with Crippen molar-refractivity contribution in [2.75, 3.05) is 32.8 Å². The second kappa shape index (κ2) is 9.29. The van der Waals surface area contributed by atoms with Gasteiger partial charge in [0, 0.05) is 44.1 Å². The number of aromatic nitrogens is 2. The molecule has 34 heavy (non-hydrogen) atoms. The van der Waals surface area contributed by atoms with E-state index in [1.807, 2.05) is 70.5 Å². The average Bonchev–Trinajstić information content (AvgIpc) is 3.47. The number of para-hydroxylation sites is 1. The molecular weight excluding hydrogens is 432 g/mol. The van der Waals surface area contributed by atoms with E-state index in [1.165, 1.54) is 0 Å². The zero-order valence-electron chi connectivity index (χ0n) is 19.2. The maximum absolute atomic E-state index is 13.2. The van der Waals surface area contributed by atoms with E-state index in [0.717, 1.165) is 12.8 Å². The first kappa shape index (κ1) is 22.1. The highest BCUT2D eigenvalue weighted by molar-refractivity contribution is 5.94. The number of carbonyl (C=O) groups excluding carboxylic acids is 2. The summed E-state index contributed by atoms with van der Waals surface area (Å²) in [5.41, 5.74) is 0.464. The molecule has 2 fully saturated rings. The van der Waals surface area contributed by atoms with E-state index in [0.29, 0.717) is 49.3 Å².